The Morgan fingerprint density at radius 1 is 1.71 bits per heavy atom. The van der Waals surface area contributed by atoms with Gasteiger partial charge in [-0.05, 0) is 0 Å². The van der Waals surface area contributed by atoms with Crippen LogP contribution in [0.2, 0.25) is 0 Å². The Bertz CT molecular complexity index is 396. The highest BCUT2D eigenvalue weighted by molar-refractivity contribution is 5.93. The minimum atomic E-state index is -1.33. The minimum absolute atomic E-state index is 0.308. The third-order valence-electron chi connectivity index (χ3n) is 1.48. The number of nitrogens with zero attached hydrogens (tertiary/aromatic N) is 3. The first-order chi connectivity index (χ1) is 6.61. The van der Waals surface area contributed by atoms with Gasteiger partial charge in [-0.3, -0.25) is 0 Å². The molecule has 0 saturated heterocycles. The van der Waals surface area contributed by atoms with E-state index >= 15 is 0 Å². The van der Waals surface area contributed by atoms with Crippen molar-refractivity contribution in [3.8, 4) is 0 Å². The number of amides is 1. The van der Waals surface area contributed by atoms with Crippen molar-refractivity contribution in [2.24, 2.45) is 5.11 Å². The second-order valence-corrected chi connectivity index (χ2v) is 2.26. The molecule has 8 heteroatoms. The molecule has 0 bridgehead atoms. The number of carboxylic acids is 1. The number of carbonyl (C=O) groups excluding carboxylic acids is 1. The summed E-state index contributed by atoms with van der Waals surface area (Å²) in [7, 11) is 1.37. The molecule has 14 heavy (non-hydrogen) atoms. The van der Waals surface area contributed by atoms with E-state index in [4.69, 9.17) is 10.6 Å². The van der Waals surface area contributed by atoms with Gasteiger partial charge >= 0.3 is 12.0 Å². The molecule has 8 nitrogen and oxygen atoms in total. The largest absolute Gasteiger partial charge is 0.476 e. The second kappa shape index (κ2) is 3.64. The number of nitrogens with one attached hydrogen (secondary N) is 2. The summed E-state index contributed by atoms with van der Waals surface area (Å²) < 4.78 is 0.844. The van der Waals surface area contributed by atoms with Crippen LogP contribution in [0.4, 0.5) is 10.6 Å². The van der Waals surface area contributed by atoms with Crippen molar-refractivity contribution in [2.45, 2.75) is 0 Å². The normalized spacial score (nSPS) is 9.50. The summed E-state index contributed by atoms with van der Waals surface area (Å²) in [6.07, 6.45) is 0.996. The fraction of sp³-hybridized carbons (Fsp3) is 0.167. The molecular weight excluding hydrogens is 190 g/mol. The second-order valence-electron chi connectivity index (χ2n) is 2.26. The third kappa shape index (κ3) is 1.44. The highest BCUT2D eigenvalue weighted by Crippen LogP contribution is 2.17. The van der Waals surface area contributed by atoms with Crippen LogP contribution in [-0.4, -0.2) is 33.7 Å². The molecule has 1 rings (SSSR count). The summed E-state index contributed by atoms with van der Waals surface area (Å²) in [6, 6.07) is -0.601. The molecule has 0 radical (unpaired) electrons. The summed E-state index contributed by atoms with van der Waals surface area (Å²) in [5.41, 5.74) is 6.30. The van der Waals surface area contributed by atoms with Crippen LogP contribution in [0.3, 0.4) is 0 Å². The van der Waals surface area contributed by atoms with Gasteiger partial charge < -0.3 is 10.4 Å². The first-order valence-electron chi connectivity index (χ1n) is 3.52. The molecule has 0 spiro atoms. The van der Waals surface area contributed by atoms with Gasteiger partial charge in [-0.15, -0.1) is 5.11 Å². The lowest BCUT2D eigenvalue weighted by Gasteiger charge is -2.00. The summed E-state index contributed by atoms with van der Waals surface area (Å²) in [5, 5.41) is 13.8. The first-order valence-corrected chi connectivity index (χ1v) is 3.52. The Kier molecular flexibility index (Phi) is 2.56. The maximum atomic E-state index is 11.1. The molecule has 3 N–H and O–H groups in total. The maximum Gasteiger partial charge on any atom is 0.358 e. The average molecular weight is 197 g/mol. The molecule has 1 amide bonds. The van der Waals surface area contributed by atoms with Gasteiger partial charge in [0.2, 0.25) is 0 Å². The number of hydrogen-bond acceptors (Lipinski definition) is 5. The van der Waals surface area contributed by atoms with Gasteiger partial charge in [-0.25, -0.2) is 24.7 Å². The molecule has 1 heterocycles. The van der Waals surface area contributed by atoms with Crippen molar-refractivity contribution >= 4 is 17.8 Å². The quantitative estimate of drug-likeness (QED) is 0.595. The Labute approximate surface area is 78.1 Å². The van der Waals surface area contributed by atoms with Crippen molar-refractivity contribution in [1.82, 2.24) is 14.9 Å². The van der Waals surface area contributed by atoms with Gasteiger partial charge in [-0.2, -0.15) is 0 Å². The van der Waals surface area contributed by atoms with Crippen molar-refractivity contribution in [3.63, 3.8) is 0 Å². The standard InChI is InChI=1S/C6H7N5O3/c1-8-6(14)11-2-9-3(5(12)13)4(11)10-7/h2,7H,1H3,(H,8,14)(H,12,13). The number of rotatable bonds is 2. The van der Waals surface area contributed by atoms with E-state index < -0.39 is 17.7 Å². The fourth-order valence-electron chi connectivity index (χ4n) is 0.869. The van der Waals surface area contributed by atoms with Crippen LogP contribution in [0.5, 0.6) is 0 Å². The minimum Gasteiger partial charge on any atom is -0.476 e. The van der Waals surface area contributed by atoms with E-state index in [1.165, 1.54) is 7.05 Å². The van der Waals surface area contributed by atoms with Gasteiger partial charge in [0.15, 0.2) is 11.5 Å². The van der Waals surface area contributed by atoms with Crippen LogP contribution in [0.15, 0.2) is 11.4 Å². The topological polar surface area (TPSA) is 120 Å². The Hall–Kier alpha value is -2.25. The highest BCUT2D eigenvalue weighted by atomic mass is 16.4. The first kappa shape index (κ1) is 9.84. The smallest absolute Gasteiger partial charge is 0.358 e. The number of carbonyl (C=O) groups is 2. The SMILES string of the molecule is CNC(=O)n1cnc(C(=O)O)c1N=N. The maximum absolute atomic E-state index is 11.1. The van der Waals surface area contributed by atoms with Gasteiger partial charge in [0.05, 0.1) is 0 Å². The zero-order chi connectivity index (χ0) is 10.7. The lowest BCUT2D eigenvalue weighted by Crippen LogP contribution is -2.23. The van der Waals surface area contributed by atoms with Gasteiger partial charge in [0, 0.05) is 7.05 Å². The Morgan fingerprint density at radius 3 is 2.79 bits per heavy atom. The molecule has 1 aromatic heterocycles. The summed E-state index contributed by atoms with van der Waals surface area (Å²) in [6.45, 7) is 0. The molecule has 1 aromatic rings. The number of aromatic carboxylic acids is 1. The molecule has 0 unspecified atom stereocenters. The lowest BCUT2D eigenvalue weighted by molar-refractivity contribution is 0.0692. The number of carboxylic acid groups (broad SMARTS) is 1. The number of aromatic nitrogens is 2. The summed E-state index contributed by atoms with van der Waals surface area (Å²) >= 11 is 0. The van der Waals surface area contributed by atoms with E-state index in [9.17, 15) is 9.59 Å². The average Bonchev–Trinajstić information content (AvgIpc) is 2.59. The van der Waals surface area contributed by atoms with Crippen LogP contribution in [0, 0.1) is 5.53 Å². The van der Waals surface area contributed by atoms with E-state index in [1.54, 1.807) is 0 Å². The molecule has 0 saturated carbocycles. The van der Waals surface area contributed by atoms with Crippen LogP contribution >= 0.6 is 0 Å². The van der Waals surface area contributed by atoms with Crippen molar-refractivity contribution in [2.75, 3.05) is 7.05 Å². The summed E-state index contributed by atoms with van der Waals surface area (Å²) in [4.78, 5) is 25.1. The molecule has 0 aliphatic rings. The van der Waals surface area contributed by atoms with Gasteiger partial charge in [0.1, 0.15) is 6.33 Å². The molecular formula is C6H7N5O3. The monoisotopic (exact) mass is 197 g/mol. The number of hydrogen-bond donors (Lipinski definition) is 3. The predicted octanol–water partition coefficient (Wildman–Crippen LogP) is 0.431. The molecule has 0 atom stereocenters. The van der Waals surface area contributed by atoms with E-state index in [0.29, 0.717) is 0 Å². The summed E-state index contributed by atoms with van der Waals surface area (Å²) in [5.74, 6) is -1.64. The zero-order valence-electron chi connectivity index (χ0n) is 7.18. The lowest BCUT2D eigenvalue weighted by atomic mass is 10.4. The number of imidazole rings is 1. The Balaban J connectivity index is 3.27. The molecule has 0 fully saturated rings. The van der Waals surface area contributed by atoms with E-state index in [-0.39, 0.29) is 5.82 Å². The molecule has 74 valence electrons. The molecule has 0 aliphatic heterocycles. The molecule has 0 aromatic carbocycles. The van der Waals surface area contributed by atoms with Crippen molar-refractivity contribution in [3.05, 3.63) is 12.0 Å². The fourth-order valence-corrected chi connectivity index (χ4v) is 0.869. The predicted molar refractivity (Wildman–Crippen MR) is 43.8 cm³/mol. The van der Waals surface area contributed by atoms with Crippen molar-refractivity contribution < 1.29 is 14.7 Å². The van der Waals surface area contributed by atoms with Crippen LogP contribution in [-0.2, 0) is 0 Å². The van der Waals surface area contributed by atoms with Gasteiger partial charge in [-0.1, -0.05) is 0 Å². The van der Waals surface area contributed by atoms with Crippen molar-refractivity contribution in [1.29, 1.82) is 5.53 Å². The highest BCUT2D eigenvalue weighted by Gasteiger charge is 2.19. The van der Waals surface area contributed by atoms with Crippen LogP contribution < -0.4 is 5.32 Å². The van der Waals surface area contributed by atoms with E-state index in [1.807, 2.05) is 0 Å². The Morgan fingerprint density at radius 2 is 2.36 bits per heavy atom. The van der Waals surface area contributed by atoms with Crippen LogP contribution in [0.25, 0.3) is 0 Å². The van der Waals surface area contributed by atoms with E-state index in [0.717, 1.165) is 10.9 Å². The van der Waals surface area contributed by atoms with Crippen LogP contribution in [0.1, 0.15) is 10.5 Å². The zero-order valence-corrected chi connectivity index (χ0v) is 7.18. The van der Waals surface area contributed by atoms with Gasteiger partial charge in [0.25, 0.3) is 0 Å². The third-order valence-corrected chi connectivity index (χ3v) is 1.48. The molecule has 0 aliphatic carbocycles. The van der Waals surface area contributed by atoms with E-state index in [2.05, 4.69) is 15.4 Å².